The number of hydrogen-bond acceptors (Lipinski definition) is 5. The second-order valence-electron chi connectivity index (χ2n) is 11.4. The van der Waals surface area contributed by atoms with Gasteiger partial charge in [0.15, 0.2) is 5.04 Å². The van der Waals surface area contributed by atoms with E-state index in [1.54, 1.807) is 0 Å². The zero-order chi connectivity index (χ0) is 25.4. The molecular weight excluding hydrogens is 573 g/mol. The molecule has 1 atom stereocenters. The van der Waals surface area contributed by atoms with Gasteiger partial charge in [-0.3, -0.25) is 4.99 Å². The maximum atomic E-state index is 12.0. The smallest absolute Gasteiger partial charge is 0.361 e. The molecule has 1 N–H and O–H groups in total. The van der Waals surface area contributed by atoms with E-state index in [1.165, 1.54) is 117 Å². The van der Waals surface area contributed by atoms with Crippen molar-refractivity contribution in [3.8, 4) is 0 Å². The number of halogens is 3. The fourth-order valence-electron chi connectivity index (χ4n) is 7.08. The average Bonchev–Trinajstić information content (AvgIpc) is 3.36. The molecule has 0 amide bonds. The van der Waals surface area contributed by atoms with Gasteiger partial charge >= 0.3 is 5.97 Å². The summed E-state index contributed by atoms with van der Waals surface area (Å²) < 4.78 is 0. The minimum atomic E-state index is -0.921. The molecule has 0 radical (unpaired) electrons. The molecule has 0 aromatic heterocycles. The Balaban J connectivity index is 0.00000176. The Kier molecular flexibility index (Phi) is 10.8. The summed E-state index contributed by atoms with van der Waals surface area (Å²) >= 11 is 8.28. The van der Waals surface area contributed by atoms with Gasteiger partial charge in [0.05, 0.1) is 6.54 Å². The van der Waals surface area contributed by atoms with Crippen LogP contribution in [0.4, 0.5) is 0 Å². The fraction of sp³-hybridized carbons (Fsp3) is 0.600. The van der Waals surface area contributed by atoms with Crippen molar-refractivity contribution in [1.29, 1.82) is 0 Å². The molecule has 1 saturated heterocycles. The van der Waals surface area contributed by atoms with Crippen molar-refractivity contribution in [2.75, 3.05) is 39.3 Å². The van der Waals surface area contributed by atoms with E-state index < -0.39 is 5.97 Å². The van der Waals surface area contributed by atoms with Crippen LogP contribution in [0.5, 0.6) is 0 Å². The topological polar surface area (TPSA) is 56.1 Å². The first-order valence-corrected chi connectivity index (χ1v) is 15.5. The van der Waals surface area contributed by atoms with Gasteiger partial charge in [0, 0.05) is 41.7 Å². The lowest BCUT2D eigenvalue weighted by Crippen LogP contribution is -2.36. The second-order valence-corrected chi connectivity index (χ2v) is 12.8. The van der Waals surface area contributed by atoms with Crippen LogP contribution in [-0.4, -0.2) is 65.2 Å². The lowest BCUT2D eigenvalue weighted by molar-refractivity contribution is -0.129. The van der Waals surface area contributed by atoms with E-state index in [4.69, 9.17) is 11.6 Å². The predicted octanol–water partition coefficient (Wildman–Crippen LogP) is 7.35. The Bertz CT molecular complexity index is 1140. The standard InChI is InChI=1S/C30H38ClN3O2S.2ClH/c31-24-12-11-22-25(20-9-5-4-6-10-20)27-23(26(22)24)19-34(16-15-33-13-7-2-1-3-8-14-33)18-21-17-32-29(30(35)36)37-28(21)27;;/h11-12,19-20,26H,1-10,13-18H2,(H,35,36);2*1H. The van der Waals surface area contributed by atoms with Gasteiger partial charge in [-0.15, -0.1) is 24.8 Å². The van der Waals surface area contributed by atoms with E-state index in [2.05, 4.69) is 33.1 Å². The lowest BCUT2D eigenvalue weighted by atomic mass is 9.80. The molecule has 6 aliphatic rings. The summed E-state index contributed by atoms with van der Waals surface area (Å²) in [6, 6.07) is 0. The summed E-state index contributed by atoms with van der Waals surface area (Å²) in [5.41, 5.74) is 6.63. The molecule has 39 heavy (non-hydrogen) atoms. The van der Waals surface area contributed by atoms with Crippen LogP contribution in [0, 0.1) is 11.8 Å². The average molecular weight is 613 g/mol. The summed E-state index contributed by atoms with van der Waals surface area (Å²) in [5.74, 6) is -0.304. The number of hydrogen-bond donors (Lipinski definition) is 1. The van der Waals surface area contributed by atoms with Crippen LogP contribution in [0.15, 0.2) is 61.1 Å². The third-order valence-corrected chi connectivity index (χ3v) is 10.5. The summed E-state index contributed by atoms with van der Waals surface area (Å²) in [4.78, 5) is 22.7. The molecule has 1 saturated carbocycles. The SMILES string of the molecule is Cl.Cl.O=C(O)C1=NCC2=C(S1)C1=C(C3CCCCC3)C3=CC=C(Cl)C3C1=CN(CCN1CCCCCCC1)C2. The van der Waals surface area contributed by atoms with Crippen molar-refractivity contribution in [2.45, 2.75) is 64.2 Å². The molecule has 0 bridgehead atoms. The number of likely N-dealkylation sites (tertiary alicyclic amines) is 1. The zero-order valence-electron chi connectivity index (χ0n) is 22.5. The summed E-state index contributed by atoms with van der Waals surface area (Å²) in [6.07, 6.45) is 19.6. The van der Waals surface area contributed by atoms with Crippen LogP contribution in [0.2, 0.25) is 0 Å². The molecule has 214 valence electrons. The maximum Gasteiger partial charge on any atom is 0.361 e. The van der Waals surface area contributed by atoms with Crippen LogP contribution in [-0.2, 0) is 4.79 Å². The molecule has 6 rings (SSSR count). The van der Waals surface area contributed by atoms with Gasteiger partial charge in [-0.05, 0) is 78.6 Å². The van der Waals surface area contributed by atoms with Gasteiger partial charge in [-0.25, -0.2) is 4.79 Å². The maximum absolute atomic E-state index is 12.0. The van der Waals surface area contributed by atoms with E-state index in [0.29, 0.717) is 12.5 Å². The highest BCUT2D eigenvalue weighted by Gasteiger charge is 2.44. The highest BCUT2D eigenvalue weighted by Crippen LogP contribution is 2.58. The molecule has 3 heterocycles. The van der Waals surface area contributed by atoms with E-state index in [1.807, 2.05) is 0 Å². The van der Waals surface area contributed by atoms with Crippen LogP contribution < -0.4 is 0 Å². The van der Waals surface area contributed by atoms with Crippen LogP contribution >= 0.6 is 48.2 Å². The van der Waals surface area contributed by atoms with Crippen molar-refractivity contribution in [3.05, 3.63) is 56.2 Å². The first-order chi connectivity index (χ1) is 18.1. The van der Waals surface area contributed by atoms with E-state index >= 15 is 0 Å². The number of carboxylic acid groups (broad SMARTS) is 1. The van der Waals surface area contributed by atoms with Gasteiger partial charge in [0.25, 0.3) is 0 Å². The third-order valence-electron chi connectivity index (χ3n) is 8.91. The minimum absolute atomic E-state index is 0. The van der Waals surface area contributed by atoms with Gasteiger partial charge in [0.1, 0.15) is 0 Å². The first kappa shape index (κ1) is 30.8. The third kappa shape index (κ3) is 6.35. The predicted molar refractivity (Wildman–Crippen MR) is 167 cm³/mol. The van der Waals surface area contributed by atoms with Crippen LogP contribution in [0.1, 0.15) is 64.2 Å². The van der Waals surface area contributed by atoms with Crippen molar-refractivity contribution >= 4 is 59.2 Å². The van der Waals surface area contributed by atoms with Gasteiger partial charge in [-0.2, -0.15) is 0 Å². The second kappa shape index (κ2) is 13.7. The van der Waals surface area contributed by atoms with E-state index in [9.17, 15) is 9.90 Å². The molecule has 2 fully saturated rings. The molecule has 5 nitrogen and oxygen atoms in total. The van der Waals surface area contributed by atoms with Gasteiger partial charge < -0.3 is 14.9 Å². The Hall–Kier alpha value is -1.18. The number of aliphatic carboxylic acids is 1. The normalized spacial score (nSPS) is 26.0. The van der Waals surface area contributed by atoms with E-state index in [-0.39, 0.29) is 35.8 Å². The number of carbonyl (C=O) groups is 1. The Morgan fingerprint density at radius 1 is 0.974 bits per heavy atom. The van der Waals surface area contributed by atoms with Crippen molar-refractivity contribution in [2.24, 2.45) is 16.8 Å². The number of aliphatic imine (C=N–C) groups is 1. The Labute approximate surface area is 254 Å². The lowest BCUT2D eigenvalue weighted by Gasteiger charge is -2.29. The van der Waals surface area contributed by atoms with Crippen molar-refractivity contribution in [1.82, 2.24) is 9.80 Å². The molecular formula is C30H40Cl3N3O2S. The summed E-state index contributed by atoms with van der Waals surface area (Å²) in [5, 5.41) is 10.9. The first-order valence-electron chi connectivity index (χ1n) is 14.3. The Morgan fingerprint density at radius 2 is 1.67 bits per heavy atom. The van der Waals surface area contributed by atoms with Gasteiger partial charge in [-0.1, -0.05) is 68.0 Å². The molecule has 0 spiro atoms. The molecule has 0 aromatic carbocycles. The largest absolute Gasteiger partial charge is 0.476 e. The van der Waals surface area contributed by atoms with E-state index in [0.717, 1.165) is 29.6 Å². The van der Waals surface area contributed by atoms with Crippen LogP contribution in [0.25, 0.3) is 0 Å². The van der Waals surface area contributed by atoms with Gasteiger partial charge in [0.2, 0.25) is 0 Å². The number of nitrogens with zero attached hydrogens (tertiary/aromatic N) is 3. The molecule has 3 aliphatic carbocycles. The quantitative estimate of drug-likeness (QED) is 0.352. The number of allylic oxidation sites excluding steroid dienone is 7. The monoisotopic (exact) mass is 611 g/mol. The molecule has 0 aromatic rings. The fourth-order valence-corrected chi connectivity index (χ4v) is 8.39. The zero-order valence-corrected chi connectivity index (χ0v) is 25.7. The summed E-state index contributed by atoms with van der Waals surface area (Å²) in [7, 11) is 0. The Morgan fingerprint density at radius 3 is 2.38 bits per heavy atom. The van der Waals surface area contributed by atoms with Crippen LogP contribution in [0.3, 0.4) is 0 Å². The van der Waals surface area contributed by atoms with Crippen molar-refractivity contribution in [3.63, 3.8) is 0 Å². The van der Waals surface area contributed by atoms with Crippen molar-refractivity contribution < 1.29 is 9.90 Å². The minimum Gasteiger partial charge on any atom is -0.476 e. The molecule has 3 aliphatic heterocycles. The molecule has 1 unspecified atom stereocenters. The highest BCUT2D eigenvalue weighted by atomic mass is 35.5. The number of rotatable bonds is 5. The highest BCUT2D eigenvalue weighted by molar-refractivity contribution is 8.19. The molecule has 9 heteroatoms. The number of fused-ring (bicyclic) bond motifs is 4. The summed E-state index contributed by atoms with van der Waals surface area (Å²) in [6.45, 7) is 5.71. The number of carboxylic acids is 1. The number of thioether (sulfide) groups is 1.